The molecule has 0 saturated carbocycles. The van der Waals surface area contributed by atoms with Crippen molar-refractivity contribution < 1.29 is 9.90 Å². The first kappa shape index (κ1) is 14.3. The lowest BCUT2D eigenvalue weighted by Crippen LogP contribution is -2.18. The summed E-state index contributed by atoms with van der Waals surface area (Å²) in [5, 5.41) is 9.35. The molecule has 0 aliphatic rings. The Hall–Kier alpha value is -2.10. The van der Waals surface area contributed by atoms with Crippen LogP contribution >= 0.6 is 0 Å². The highest BCUT2D eigenvalue weighted by Gasteiger charge is 2.22. The van der Waals surface area contributed by atoms with Gasteiger partial charge in [0.1, 0.15) is 11.5 Å². The third-order valence-corrected chi connectivity index (χ3v) is 3.62. The van der Waals surface area contributed by atoms with Gasteiger partial charge in [-0.3, -0.25) is 0 Å². The van der Waals surface area contributed by atoms with E-state index >= 15 is 0 Å². The van der Waals surface area contributed by atoms with Crippen LogP contribution in [0.25, 0.3) is 0 Å². The summed E-state index contributed by atoms with van der Waals surface area (Å²) in [5.41, 5.74) is 2.59. The van der Waals surface area contributed by atoms with Crippen LogP contribution in [-0.4, -0.2) is 20.6 Å². The van der Waals surface area contributed by atoms with Gasteiger partial charge in [0.15, 0.2) is 0 Å². The van der Waals surface area contributed by atoms with E-state index in [0.29, 0.717) is 0 Å². The summed E-state index contributed by atoms with van der Waals surface area (Å²) in [6.07, 6.45) is 3.32. The minimum atomic E-state index is -0.930. The molecule has 2 rings (SSSR count). The van der Waals surface area contributed by atoms with Crippen molar-refractivity contribution in [3.63, 3.8) is 0 Å². The van der Waals surface area contributed by atoms with Crippen LogP contribution in [0.1, 0.15) is 53.2 Å². The Morgan fingerprint density at radius 1 is 1.35 bits per heavy atom. The van der Waals surface area contributed by atoms with Gasteiger partial charge in [-0.15, -0.1) is 0 Å². The number of aromatic carboxylic acids is 1. The molecule has 0 saturated heterocycles. The molecule has 0 radical (unpaired) electrons. The van der Waals surface area contributed by atoms with Gasteiger partial charge in [-0.05, 0) is 31.4 Å². The molecule has 2 aromatic rings. The number of imidazole rings is 1. The van der Waals surface area contributed by atoms with Gasteiger partial charge in [0.2, 0.25) is 0 Å². The maximum absolute atomic E-state index is 11.4. The highest BCUT2D eigenvalue weighted by molar-refractivity contribution is 5.85. The fourth-order valence-electron chi connectivity index (χ4n) is 2.66. The molecule has 0 amide bonds. The van der Waals surface area contributed by atoms with Crippen LogP contribution < -0.4 is 0 Å². The van der Waals surface area contributed by atoms with Gasteiger partial charge >= 0.3 is 5.97 Å². The third kappa shape index (κ3) is 2.59. The molecule has 0 fully saturated rings. The van der Waals surface area contributed by atoms with Crippen LogP contribution in [0.2, 0.25) is 0 Å². The minimum Gasteiger partial charge on any atom is -0.477 e. The van der Waals surface area contributed by atoms with Gasteiger partial charge in [0.25, 0.3) is 0 Å². The summed E-state index contributed by atoms with van der Waals surface area (Å²) in [6.45, 7) is 6.02. The SMILES string of the molecule is CCCC(c1ccccc1C)n1c(C(=O)O)cnc1C. The maximum atomic E-state index is 11.4. The number of hydrogen-bond acceptors (Lipinski definition) is 2. The molecule has 1 aromatic carbocycles. The average Bonchev–Trinajstić information content (AvgIpc) is 2.79. The summed E-state index contributed by atoms with van der Waals surface area (Å²) < 4.78 is 1.84. The van der Waals surface area contributed by atoms with E-state index in [1.165, 1.54) is 11.8 Å². The number of nitrogens with zero attached hydrogens (tertiary/aromatic N) is 2. The number of carbonyl (C=O) groups is 1. The van der Waals surface area contributed by atoms with E-state index in [-0.39, 0.29) is 11.7 Å². The van der Waals surface area contributed by atoms with Crippen LogP contribution in [0.15, 0.2) is 30.5 Å². The summed E-state index contributed by atoms with van der Waals surface area (Å²) >= 11 is 0. The Morgan fingerprint density at radius 3 is 2.65 bits per heavy atom. The molecule has 0 aliphatic heterocycles. The largest absolute Gasteiger partial charge is 0.477 e. The van der Waals surface area contributed by atoms with Crippen LogP contribution in [0, 0.1) is 13.8 Å². The van der Waals surface area contributed by atoms with Crippen molar-refractivity contribution in [3.8, 4) is 0 Å². The highest BCUT2D eigenvalue weighted by Crippen LogP contribution is 2.29. The predicted molar refractivity (Wildman–Crippen MR) is 78.1 cm³/mol. The van der Waals surface area contributed by atoms with Crippen molar-refractivity contribution in [1.82, 2.24) is 9.55 Å². The fraction of sp³-hybridized carbons (Fsp3) is 0.375. The van der Waals surface area contributed by atoms with Crippen molar-refractivity contribution >= 4 is 5.97 Å². The second-order valence-corrected chi connectivity index (χ2v) is 5.03. The molecule has 1 unspecified atom stereocenters. The minimum absolute atomic E-state index is 0.0230. The molecule has 1 heterocycles. The number of hydrogen-bond donors (Lipinski definition) is 1. The van der Waals surface area contributed by atoms with Crippen LogP contribution in [0.4, 0.5) is 0 Å². The fourth-order valence-corrected chi connectivity index (χ4v) is 2.66. The van der Waals surface area contributed by atoms with Gasteiger partial charge in [-0.25, -0.2) is 9.78 Å². The molecule has 4 heteroatoms. The summed E-state index contributed by atoms with van der Waals surface area (Å²) in [5.74, 6) is -0.190. The molecule has 106 valence electrons. The molecule has 1 atom stereocenters. The van der Waals surface area contributed by atoms with Gasteiger partial charge in [0, 0.05) is 0 Å². The Morgan fingerprint density at radius 2 is 2.05 bits per heavy atom. The Labute approximate surface area is 119 Å². The number of aryl methyl sites for hydroxylation is 2. The first-order valence-corrected chi connectivity index (χ1v) is 6.89. The van der Waals surface area contributed by atoms with Crippen molar-refractivity contribution in [2.24, 2.45) is 0 Å². The number of carboxylic acid groups (broad SMARTS) is 1. The van der Waals surface area contributed by atoms with Crippen LogP contribution in [-0.2, 0) is 0 Å². The average molecular weight is 272 g/mol. The monoisotopic (exact) mass is 272 g/mol. The third-order valence-electron chi connectivity index (χ3n) is 3.62. The van der Waals surface area contributed by atoms with Gasteiger partial charge in [-0.1, -0.05) is 37.6 Å². The van der Waals surface area contributed by atoms with E-state index in [4.69, 9.17) is 0 Å². The number of aromatic nitrogens is 2. The van der Waals surface area contributed by atoms with Gasteiger partial charge in [0.05, 0.1) is 12.2 Å². The smallest absolute Gasteiger partial charge is 0.354 e. The van der Waals surface area contributed by atoms with E-state index in [1.54, 1.807) is 0 Å². The summed E-state index contributed by atoms with van der Waals surface area (Å²) in [7, 11) is 0. The normalized spacial score (nSPS) is 12.3. The first-order chi connectivity index (χ1) is 9.56. The summed E-state index contributed by atoms with van der Waals surface area (Å²) in [6, 6.07) is 8.15. The van der Waals surface area contributed by atoms with E-state index in [1.807, 2.05) is 23.6 Å². The topological polar surface area (TPSA) is 55.1 Å². The zero-order valence-electron chi connectivity index (χ0n) is 12.1. The van der Waals surface area contributed by atoms with Crippen molar-refractivity contribution in [1.29, 1.82) is 0 Å². The second-order valence-electron chi connectivity index (χ2n) is 5.03. The number of carboxylic acids is 1. The van der Waals surface area contributed by atoms with E-state index < -0.39 is 5.97 Å². The zero-order valence-corrected chi connectivity index (χ0v) is 12.1. The van der Waals surface area contributed by atoms with Crippen LogP contribution in [0.5, 0.6) is 0 Å². The Kier molecular flexibility index (Phi) is 4.23. The lowest BCUT2D eigenvalue weighted by molar-refractivity contribution is 0.0683. The quantitative estimate of drug-likeness (QED) is 0.905. The van der Waals surface area contributed by atoms with Gasteiger partial charge in [-0.2, -0.15) is 0 Å². The molecular formula is C16H20N2O2. The van der Waals surface area contributed by atoms with Crippen LogP contribution in [0.3, 0.4) is 0 Å². The van der Waals surface area contributed by atoms with Gasteiger partial charge < -0.3 is 9.67 Å². The molecule has 0 spiro atoms. The second kappa shape index (κ2) is 5.90. The lowest BCUT2D eigenvalue weighted by Gasteiger charge is -2.23. The molecule has 1 aromatic heterocycles. The maximum Gasteiger partial charge on any atom is 0.354 e. The first-order valence-electron chi connectivity index (χ1n) is 6.89. The predicted octanol–water partition coefficient (Wildman–Crippen LogP) is 3.59. The Balaban J connectivity index is 2.57. The molecule has 20 heavy (non-hydrogen) atoms. The van der Waals surface area contributed by atoms with E-state index in [0.717, 1.165) is 24.2 Å². The molecule has 0 aliphatic carbocycles. The summed E-state index contributed by atoms with van der Waals surface area (Å²) in [4.78, 5) is 15.6. The number of rotatable bonds is 5. The number of benzene rings is 1. The Bertz CT molecular complexity index is 617. The van der Waals surface area contributed by atoms with Crippen molar-refractivity contribution in [3.05, 3.63) is 53.1 Å². The van der Waals surface area contributed by atoms with E-state index in [9.17, 15) is 9.90 Å². The molecule has 4 nitrogen and oxygen atoms in total. The van der Waals surface area contributed by atoms with Crippen molar-refractivity contribution in [2.45, 2.75) is 39.7 Å². The molecule has 1 N–H and O–H groups in total. The standard InChI is InChI=1S/C16H20N2O2/c1-4-7-14(13-9-6-5-8-11(13)2)18-12(3)17-10-15(18)16(19)20/h5-6,8-10,14H,4,7H2,1-3H3,(H,19,20). The molecular weight excluding hydrogens is 252 g/mol. The zero-order chi connectivity index (χ0) is 14.7. The molecule has 0 bridgehead atoms. The lowest BCUT2D eigenvalue weighted by atomic mass is 9.97. The highest BCUT2D eigenvalue weighted by atomic mass is 16.4. The van der Waals surface area contributed by atoms with Crippen molar-refractivity contribution in [2.75, 3.05) is 0 Å². The van der Waals surface area contributed by atoms with E-state index in [2.05, 4.69) is 31.0 Å².